The summed E-state index contributed by atoms with van der Waals surface area (Å²) < 4.78 is 23.2. The van der Waals surface area contributed by atoms with E-state index in [0.29, 0.717) is 12.8 Å². The van der Waals surface area contributed by atoms with E-state index in [1.54, 1.807) is 25.4 Å². The second-order valence-corrected chi connectivity index (χ2v) is 6.92. The molecule has 2 rings (SSSR count). The zero-order valence-corrected chi connectivity index (χ0v) is 11.5. The first kappa shape index (κ1) is 13.8. The zero-order valence-electron chi connectivity index (χ0n) is 10.7. The summed E-state index contributed by atoms with van der Waals surface area (Å²) in [5.41, 5.74) is 1.10. The monoisotopic (exact) mass is 283 g/mol. The predicted molar refractivity (Wildman–Crippen MR) is 72.9 cm³/mol. The molecule has 6 nitrogen and oxygen atoms in total. The number of rotatable bonds is 4. The molecule has 1 saturated heterocycles. The molecule has 1 fully saturated rings. The molecule has 0 spiro atoms. The topological polar surface area (TPSA) is 88.2 Å². The second-order valence-electron chi connectivity index (χ2n) is 4.52. The van der Waals surface area contributed by atoms with Crippen LogP contribution in [0.25, 0.3) is 0 Å². The maximum Gasteiger partial charge on any atom is 0.269 e. The zero-order chi connectivity index (χ0) is 13.9. The molecule has 0 radical (unpaired) electrons. The molecule has 1 aromatic heterocycles. The number of nitrogens with one attached hydrogen (secondary N) is 2. The van der Waals surface area contributed by atoms with Crippen molar-refractivity contribution in [3.63, 3.8) is 0 Å². The van der Waals surface area contributed by atoms with Gasteiger partial charge in [0.15, 0.2) is 9.84 Å². The summed E-state index contributed by atoms with van der Waals surface area (Å²) in [7, 11) is -1.26. The first-order chi connectivity index (χ1) is 9.03. The highest BCUT2D eigenvalue weighted by atomic mass is 32.2. The Labute approximate surface area is 112 Å². The van der Waals surface area contributed by atoms with Crippen molar-refractivity contribution in [3.05, 3.63) is 24.0 Å². The van der Waals surface area contributed by atoms with Crippen molar-refractivity contribution >= 4 is 21.4 Å². The molecule has 1 aliphatic rings. The summed E-state index contributed by atoms with van der Waals surface area (Å²) in [6.45, 7) is 0.163. The summed E-state index contributed by atoms with van der Waals surface area (Å²) in [6, 6.07) is 3.35. The van der Waals surface area contributed by atoms with Gasteiger partial charge in [0.05, 0.1) is 22.9 Å². The summed E-state index contributed by atoms with van der Waals surface area (Å²) in [5, 5.41) is 5.09. The van der Waals surface area contributed by atoms with Gasteiger partial charge in [-0.1, -0.05) is 0 Å². The molecule has 7 heteroatoms. The van der Waals surface area contributed by atoms with Gasteiger partial charge in [-0.05, 0) is 25.0 Å². The van der Waals surface area contributed by atoms with Crippen molar-refractivity contribution in [2.24, 2.45) is 0 Å². The summed E-state index contributed by atoms with van der Waals surface area (Å²) in [6.07, 6.45) is 2.86. The number of carbonyl (C=O) groups is 1. The van der Waals surface area contributed by atoms with Crippen molar-refractivity contribution in [2.45, 2.75) is 18.1 Å². The Morgan fingerprint density at radius 2 is 2.26 bits per heavy atom. The Kier molecular flexibility index (Phi) is 4.04. The van der Waals surface area contributed by atoms with Crippen molar-refractivity contribution in [3.8, 4) is 0 Å². The largest absolute Gasteiger partial charge is 0.387 e. The van der Waals surface area contributed by atoms with Crippen LogP contribution in [0.5, 0.6) is 0 Å². The molecule has 2 heterocycles. The van der Waals surface area contributed by atoms with Crippen LogP contribution in [0.4, 0.5) is 5.69 Å². The Balaban J connectivity index is 1.94. The van der Waals surface area contributed by atoms with E-state index < -0.39 is 15.1 Å². The molecule has 104 valence electrons. The number of aromatic nitrogens is 1. The lowest BCUT2D eigenvalue weighted by molar-refractivity contribution is 0.0948. The fourth-order valence-corrected chi connectivity index (χ4v) is 3.83. The van der Waals surface area contributed by atoms with Crippen LogP contribution in [0.2, 0.25) is 0 Å². The highest BCUT2D eigenvalue weighted by molar-refractivity contribution is 7.92. The van der Waals surface area contributed by atoms with Crippen LogP contribution >= 0.6 is 0 Å². The van der Waals surface area contributed by atoms with Crippen LogP contribution in [0.1, 0.15) is 23.3 Å². The molecule has 1 aliphatic heterocycles. The van der Waals surface area contributed by atoms with Gasteiger partial charge < -0.3 is 10.6 Å². The Hall–Kier alpha value is -1.63. The molecule has 1 atom stereocenters. The summed E-state index contributed by atoms with van der Waals surface area (Å²) >= 11 is 0. The minimum atomic E-state index is -3.02. The van der Waals surface area contributed by atoms with E-state index in [1.165, 1.54) is 0 Å². The Morgan fingerprint density at radius 3 is 2.79 bits per heavy atom. The molecule has 1 amide bonds. The number of carbonyl (C=O) groups excluding carboxylic acids is 1. The summed E-state index contributed by atoms with van der Waals surface area (Å²) in [5.74, 6) is -0.118. The molecule has 0 bridgehead atoms. The van der Waals surface area contributed by atoms with E-state index in [1.807, 2.05) is 0 Å². The SMILES string of the molecule is CNc1ccc(C(=O)NCC2CCCS2(=O)=O)nc1. The van der Waals surface area contributed by atoms with Gasteiger partial charge in [0.25, 0.3) is 5.91 Å². The minimum absolute atomic E-state index is 0.163. The second kappa shape index (κ2) is 5.56. The maximum atomic E-state index is 11.8. The predicted octanol–water partition coefficient (Wildman–Crippen LogP) is 0.430. The number of anilines is 1. The van der Waals surface area contributed by atoms with Gasteiger partial charge >= 0.3 is 0 Å². The van der Waals surface area contributed by atoms with E-state index in [4.69, 9.17) is 0 Å². The first-order valence-corrected chi connectivity index (χ1v) is 7.88. The third kappa shape index (κ3) is 3.23. The van der Waals surface area contributed by atoms with Crippen LogP contribution in [0.3, 0.4) is 0 Å². The van der Waals surface area contributed by atoms with E-state index in [9.17, 15) is 13.2 Å². The lowest BCUT2D eigenvalue weighted by Crippen LogP contribution is -2.34. The molecule has 0 aromatic carbocycles. The Bertz CT molecular complexity index is 554. The van der Waals surface area contributed by atoms with Gasteiger partial charge in [0, 0.05) is 13.6 Å². The van der Waals surface area contributed by atoms with Crippen molar-refractivity contribution in [1.29, 1.82) is 0 Å². The number of hydrogen-bond acceptors (Lipinski definition) is 5. The van der Waals surface area contributed by atoms with Crippen molar-refractivity contribution in [2.75, 3.05) is 24.7 Å². The molecule has 0 aliphatic carbocycles. The van der Waals surface area contributed by atoms with Crippen LogP contribution in [-0.4, -0.2) is 43.9 Å². The van der Waals surface area contributed by atoms with Gasteiger partial charge in [-0.3, -0.25) is 4.79 Å². The quantitative estimate of drug-likeness (QED) is 0.836. The molecular formula is C12H17N3O3S. The maximum absolute atomic E-state index is 11.8. The summed E-state index contributed by atoms with van der Waals surface area (Å²) in [4.78, 5) is 15.8. The number of sulfone groups is 1. The standard InChI is InChI=1S/C12H17N3O3S/c1-13-9-4-5-11(14-7-9)12(16)15-8-10-3-2-6-19(10,17)18/h4-5,7,10,13H,2-3,6,8H2,1H3,(H,15,16). The van der Waals surface area contributed by atoms with Crippen LogP contribution in [0.15, 0.2) is 18.3 Å². The molecule has 1 unspecified atom stereocenters. The highest BCUT2D eigenvalue weighted by Gasteiger charge is 2.31. The third-order valence-corrected chi connectivity index (χ3v) is 5.51. The number of amides is 1. The average Bonchev–Trinajstić information content (AvgIpc) is 2.75. The molecule has 2 N–H and O–H groups in total. The van der Waals surface area contributed by atoms with E-state index in [0.717, 1.165) is 5.69 Å². The van der Waals surface area contributed by atoms with Gasteiger partial charge in [0.1, 0.15) is 5.69 Å². The number of pyridine rings is 1. The normalized spacial score (nSPS) is 21.0. The number of hydrogen-bond donors (Lipinski definition) is 2. The highest BCUT2D eigenvalue weighted by Crippen LogP contribution is 2.19. The van der Waals surface area contributed by atoms with Crippen LogP contribution in [-0.2, 0) is 9.84 Å². The molecule has 0 saturated carbocycles. The fraction of sp³-hybridized carbons (Fsp3) is 0.500. The van der Waals surface area contributed by atoms with Gasteiger partial charge in [-0.25, -0.2) is 13.4 Å². The molecule has 19 heavy (non-hydrogen) atoms. The average molecular weight is 283 g/mol. The van der Waals surface area contributed by atoms with E-state index in [2.05, 4.69) is 15.6 Å². The van der Waals surface area contributed by atoms with Crippen LogP contribution in [0, 0.1) is 0 Å². The van der Waals surface area contributed by atoms with Gasteiger partial charge in [0.2, 0.25) is 0 Å². The Morgan fingerprint density at radius 1 is 1.47 bits per heavy atom. The van der Waals surface area contributed by atoms with Gasteiger partial charge in [-0.2, -0.15) is 0 Å². The van der Waals surface area contributed by atoms with E-state index >= 15 is 0 Å². The van der Waals surface area contributed by atoms with Crippen molar-refractivity contribution < 1.29 is 13.2 Å². The molecular weight excluding hydrogens is 266 g/mol. The van der Waals surface area contributed by atoms with Crippen LogP contribution < -0.4 is 10.6 Å². The smallest absolute Gasteiger partial charge is 0.269 e. The lowest BCUT2D eigenvalue weighted by Gasteiger charge is -2.10. The van der Waals surface area contributed by atoms with Crippen molar-refractivity contribution in [1.82, 2.24) is 10.3 Å². The van der Waals surface area contributed by atoms with E-state index in [-0.39, 0.29) is 23.9 Å². The minimum Gasteiger partial charge on any atom is -0.387 e. The fourth-order valence-electron chi connectivity index (χ4n) is 2.06. The number of nitrogens with zero attached hydrogens (tertiary/aromatic N) is 1. The van der Waals surface area contributed by atoms with Gasteiger partial charge in [-0.15, -0.1) is 0 Å². The lowest BCUT2D eigenvalue weighted by atomic mass is 10.2. The first-order valence-electron chi connectivity index (χ1n) is 6.16. The molecule has 1 aromatic rings. The third-order valence-electron chi connectivity index (χ3n) is 3.24.